The van der Waals surface area contributed by atoms with E-state index in [2.05, 4.69) is 6.92 Å². The fraction of sp³-hybridized carbons (Fsp3) is 0.692. The zero-order valence-electron chi connectivity index (χ0n) is 19.5. The van der Waals surface area contributed by atoms with Crippen LogP contribution in [0.4, 0.5) is 0 Å². The Morgan fingerprint density at radius 2 is 1.30 bits per heavy atom. The van der Waals surface area contributed by atoms with E-state index in [0.717, 1.165) is 62.5 Å². The molecule has 4 heteroatoms. The second kappa shape index (κ2) is 16.9. The Morgan fingerprint density at radius 1 is 0.733 bits per heavy atom. The fourth-order valence-electron chi connectivity index (χ4n) is 3.39. The van der Waals surface area contributed by atoms with Crippen LogP contribution in [0, 0.1) is 13.8 Å². The summed E-state index contributed by atoms with van der Waals surface area (Å²) >= 11 is 0. The molecule has 0 amide bonds. The summed E-state index contributed by atoms with van der Waals surface area (Å²) in [5.41, 5.74) is 2.16. The van der Waals surface area contributed by atoms with Crippen LogP contribution in [-0.2, 0) is 14.3 Å². The predicted molar refractivity (Wildman–Crippen MR) is 123 cm³/mol. The second-order valence-corrected chi connectivity index (χ2v) is 8.28. The molecule has 30 heavy (non-hydrogen) atoms. The summed E-state index contributed by atoms with van der Waals surface area (Å²) in [6.45, 7) is 6.78. The molecule has 0 aliphatic heterocycles. The quantitative estimate of drug-likeness (QED) is 0.152. The number of benzene rings is 1. The van der Waals surface area contributed by atoms with Gasteiger partial charge in [-0.05, 0) is 50.3 Å². The monoisotopic (exact) mass is 418 g/mol. The lowest BCUT2D eigenvalue weighted by molar-refractivity contribution is -0.144. The van der Waals surface area contributed by atoms with E-state index in [9.17, 15) is 9.59 Å². The van der Waals surface area contributed by atoms with E-state index in [1.165, 1.54) is 25.7 Å². The van der Waals surface area contributed by atoms with Crippen LogP contribution in [0.2, 0.25) is 0 Å². The Kier molecular flexibility index (Phi) is 14.8. The van der Waals surface area contributed by atoms with Crippen molar-refractivity contribution in [3.8, 4) is 5.75 Å². The third-order valence-electron chi connectivity index (χ3n) is 5.55. The number of esters is 2. The van der Waals surface area contributed by atoms with E-state index >= 15 is 0 Å². The van der Waals surface area contributed by atoms with E-state index < -0.39 is 0 Å². The fourth-order valence-corrected chi connectivity index (χ4v) is 3.39. The second-order valence-electron chi connectivity index (χ2n) is 8.28. The molecule has 1 aromatic rings. The number of ether oxygens (including phenoxy) is 2. The maximum Gasteiger partial charge on any atom is 0.311 e. The van der Waals surface area contributed by atoms with Crippen LogP contribution in [0.1, 0.15) is 108 Å². The van der Waals surface area contributed by atoms with E-state index in [4.69, 9.17) is 9.47 Å². The molecule has 0 heterocycles. The molecule has 0 aliphatic rings. The van der Waals surface area contributed by atoms with Crippen LogP contribution in [0.5, 0.6) is 5.75 Å². The molecule has 170 valence electrons. The first-order valence-electron chi connectivity index (χ1n) is 12.0. The molecule has 0 aliphatic carbocycles. The normalized spacial score (nSPS) is 10.8. The van der Waals surface area contributed by atoms with Gasteiger partial charge in [-0.3, -0.25) is 9.59 Å². The van der Waals surface area contributed by atoms with Gasteiger partial charge in [0.25, 0.3) is 0 Å². The van der Waals surface area contributed by atoms with Crippen molar-refractivity contribution < 1.29 is 19.1 Å². The van der Waals surface area contributed by atoms with E-state index in [1.54, 1.807) is 0 Å². The standard InChI is InChI=1S/C26H42O4/c1-4-5-6-7-12-15-21-29-25(27)19-13-10-8-9-11-14-20-26(28)30-24-18-16-17-22(2)23(24)3/h16-18H,4-15,19-21H2,1-3H3. The average molecular weight is 419 g/mol. The maximum absolute atomic E-state index is 12.0. The molecule has 0 unspecified atom stereocenters. The highest BCUT2D eigenvalue weighted by atomic mass is 16.5. The van der Waals surface area contributed by atoms with Crippen LogP contribution in [0.3, 0.4) is 0 Å². The summed E-state index contributed by atoms with van der Waals surface area (Å²) in [5.74, 6) is 0.456. The molecule has 0 saturated heterocycles. The third kappa shape index (κ3) is 12.7. The third-order valence-corrected chi connectivity index (χ3v) is 5.55. The van der Waals surface area contributed by atoms with Gasteiger partial charge in [-0.25, -0.2) is 0 Å². The van der Waals surface area contributed by atoms with Crippen LogP contribution in [0.25, 0.3) is 0 Å². The van der Waals surface area contributed by atoms with Crippen molar-refractivity contribution in [2.24, 2.45) is 0 Å². The molecule has 0 N–H and O–H groups in total. The Bertz CT molecular complexity index is 609. The number of hydrogen-bond donors (Lipinski definition) is 0. The van der Waals surface area contributed by atoms with Crippen molar-refractivity contribution >= 4 is 11.9 Å². The minimum absolute atomic E-state index is 0.0576. The molecule has 1 aromatic carbocycles. The molecule has 1 rings (SSSR count). The van der Waals surface area contributed by atoms with Crippen LogP contribution in [-0.4, -0.2) is 18.5 Å². The van der Waals surface area contributed by atoms with E-state index in [1.807, 2.05) is 32.0 Å². The van der Waals surface area contributed by atoms with Crippen LogP contribution >= 0.6 is 0 Å². The number of rotatable bonds is 17. The summed E-state index contributed by atoms with van der Waals surface area (Å²) in [5, 5.41) is 0. The first kappa shape index (κ1) is 26.2. The Balaban J connectivity index is 1.92. The van der Waals surface area contributed by atoms with Gasteiger partial charge in [0.1, 0.15) is 5.75 Å². The predicted octanol–water partition coefficient (Wildman–Crippen LogP) is 7.23. The van der Waals surface area contributed by atoms with Crippen molar-refractivity contribution in [3.05, 3.63) is 29.3 Å². The molecular formula is C26H42O4. The smallest absolute Gasteiger partial charge is 0.311 e. The lowest BCUT2D eigenvalue weighted by Gasteiger charge is -2.09. The zero-order valence-corrected chi connectivity index (χ0v) is 19.5. The first-order valence-corrected chi connectivity index (χ1v) is 12.0. The Hall–Kier alpha value is -1.84. The minimum atomic E-state index is -0.156. The summed E-state index contributed by atoms with van der Waals surface area (Å²) in [7, 11) is 0. The highest BCUT2D eigenvalue weighted by Gasteiger charge is 2.08. The molecule has 0 atom stereocenters. The van der Waals surface area contributed by atoms with Gasteiger partial charge in [0.15, 0.2) is 0 Å². The minimum Gasteiger partial charge on any atom is -0.466 e. The van der Waals surface area contributed by atoms with Gasteiger partial charge in [0.2, 0.25) is 0 Å². The summed E-state index contributed by atoms with van der Waals surface area (Å²) in [6.07, 6.45) is 14.2. The average Bonchev–Trinajstić information content (AvgIpc) is 2.72. The van der Waals surface area contributed by atoms with Crippen molar-refractivity contribution in [1.82, 2.24) is 0 Å². The number of carbonyl (C=O) groups is 2. The van der Waals surface area contributed by atoms with Gasteiger partial charge in [0.05, 0.1) is 6.61 Å². The highest BCUT2D eigenvalue weighted by molar-refractivity contribution is 5.72. The van der Waals surface area contributed by atoms with Crippen molar-refractivity contribution in [2.45, 2.75) is 111 Å². The van der Waals surface area contributed by atoms with Crippen LogP contribution < -0.4 is 4.74 Å². The highest BCUT2D eigenvalue weighted by Crippen LogP contribution is 2.21. The van der Waals surface area contributed by atoms with Gasteiger partial charge >= 0.3 is 11.9 Å². The lowest BCUT2D eigenvalue weighted by atomic mass is 10.1. The maximum atomic E-state index is 12.0. The largest absolute Gasteiger partial charge is 0.466 e. The summed E-state index contributed by atoms with van der Waals surface area (Å²) < 4.78 is 10.8. The van der Waals surface area contributed by atoms with Gasteiger partial charge < -0.3 is 9.47 Å². The van der Waals surface area contributed by atoms with Gasteiger partial charge in [-0.2, -0.15) is 0 Å². The number of unbranched alkanes of at least 4 members (excludes halogenated alkanes) is 10. The summed E-state index contributed by atoms with van der Waals surface area (Å²) in [4.78, 5) is 23.7. The Morgan fingerprint density at radius 3 is 1.97 bits per heavy atom. The molecule has 0 spiro atoms. The molecule has 0 fully saturated rings. The van der Waals surface area contributed by atoms with Gasteiger partial charge in [-0.1, -0.05) is 76.8 Å². The molecule has 0 radical (unpaired) electrons. The summed E-state index contributed by atoms with van der Waals surface area (Å²) in [6, 6.07) is 5.77. The molecule has 0 bridgehead atoms. The molecular weight excluding hydrogens is 376 g/mol. The SMILES string of the molecule is CCCCCCCCOC(=O)CCCCCCCCC(=O)Oc1cccc(C)c1C. The van der Waals surface area contributed by atoms with Gasteiger partial charge in [0, 0.05) is 12.8 Å². The number of carbonyl (C=O) groups excluding carboxylic acids is 2. The lowest BCUT2D eigenvalue weighted by Crippen LogP contribution is -2.08. The number of aryl methyl sites for hydroxylation is 1. The van der Waals surface area contributed by atoms with Gasteiger partial charge in [-0.15, -0.1) is 0 Å². The topological polar surface area (TPSA) is 52.6 Å². The van der Waals surface area contributed by atoms with Crippen LogP contribution in [0.15, 0.2) is 18.2 Å². The zero-order chi connectivity index (χ0) is 22.0. The molecule has 0 aromatic heterocycles. The van der Waals surface area contributed by atoms with Crippen molar-refractivity contribution in [3.63, 3.8) is 0 Å². The van der Waals surface area contributed by atoms with E-state index in [-0.39, 0.29) is 11.9 Å². The number of hydrogen-bond acceptors (Lipinski definition) is 4. The molecule has 4 nitrogen and oxygen atoms in total. The van der Waals surface area contributed by atoms with Crippen molar-refractivity contribution in [2.75, 3.05) is 6.61 Å². The Labute approximate surface area is 183 Å². The van der Waals surface area contributed by atoms with E-state index in [0.29, 0.717) is 25.2 Å². The first-order chi connectivity index (χ1) is 14.5. The molecule has 0 saturated carbocycles. The van der Waals surface area contributed by atoms with Crippen molar-refractivity contribution in [1.29, 1.82) is 0 Å².